The Morgan fingerprint density at radius 2 is 1.93 bits per heavy atom. The van der Waals surface area contributed by atoms with Gasteiger partial charge in [-0.3, -0.25) is 15.2 Å². The van der Waals surface area contributed by atoms with Crippen molar-refractivity contribution in [2.45, 2.75) is 37.8 Å². The summed E-state index contributed by atoms with van der Waals surface area (Å²) in [6.07, 6.45) is 0.888. The van der Waals surface area contributed by atoms with Gasteiger partial charge in [0.05, 0.1) is 19.7 Å². The highest BCUT2D eigenvalue weighted by molar-refractivity contribution is 5.87. The number of nitro groups is 1. The third-order valence-electron chi connectivity index (χ3n) is 3.44. The Bertz CT molecular complexity index is 550. The highest BCUT2D eigenvalue weighted by Crippen LogP contribution is 2.03. The van der Waals surface area contributed by atoms with Gasteiger partial charge in [0.25, 0.3) is 5.96 Å². The van der Waals surface area contributed by atoms with Gasteiger partial charge in [0.2, 0.25) is 5.91 Å². The zero-order valence-electron chi connectivity index (χ0n) is 15.1. The van der Waals surface area contributed by atoms with Gasteiger partial charge in [-0.1, -0.05) is 5.01 Å². The zero-order valence-corrected chi connectivity index (χ0v) is 15.1. The Labute approximate surface area is 155 Å². The third-order valence-corrected chi connectivity index (χ3v) is 3.44. The van der Waals surface area contributed by atoms with Crippen LogP contribution in [0.3, 0.4) is 0 Å². The largest absolute Gasteiger partial charge is 0.467 e. The summed E-state index contributed by atoms with van der Waals surface area (Å²) in [7, 11) is 1.19. The summed E-state index contributed by atoms with van der Waals surface area (Å²) in [5.74, 6) is -2.05. The van der Waals surface area contributed by atoms with Crippen molar-refractivity contribution >= 4 is 23.8 Å². The molecule has 0 rings (SSSR count). The van der Waals surface area contributed by atoms with Crippen LogP contribution < -0.4 is 28.3 Å². The summed E-state index contributed by atoms with van der Waals surface area (Å²) in [5, 5.41) is 19.9. The van der Waals surface area contributed by atoms with Gasteiger partial charge in [0.1, 0.15) is 6.04 Å². The molecule has 10 N–H and O–H groups in total. The first-order valence-electron chi connectivity index (χ1n) is 8.05. The van der Waals surface area contributed by atoms with E-state index in [0.29, 0.717) is 11.4 Å². The lowest BCUT2D eigenvalue weighted by Crippen LogP contribution is -2.49. The van der Waals surface area contributed by atoms with E-state index in [1.54, 1.807) is 0 Å². The molecule has 0 aromatic heterocycles. The number of rotatable bonds is 12. The van der Waals surface area contributed by atoms with E-state index in [1.807, 2.05) is 0 Å². The summed E-state index contributed by atoms with van der Waals surface area (Å²) < 4.78 is 4.64. The van der Waals surface area contributed by atoms with Crippen molar-refractivity contribution < 1.29 is 19.4 Å². The summed E-state index contributed by atoms with van der Waals surface area (Å²) in [6.45, 7) is 0.0990. The summed E-state index contributed by atoms with van der Waals surface area (Å²) in [6, 6.07) is -1.93. The SMILES string of the molecule is COC(=O)[C@H](CCCN=C(N)N)NC(=O)[C@@H](N)CCCN(C(=N)N)[N+](=O)[O-]. The number of nitrogens with zero attached hydrogens (tertiary/aromatic N) is 3. The van der Waals surface area contributed by atoms with Crippen molar-refractivity contribution in [3.05, 3.63) is 10.1 Å². The van der Waals surface area contributed by atoms with Crippen molar-refractivity contribution in [1.29, 1.82) is 5.41 Å². The smallest absolute Gasteiger partial charge is 0.328 e. The van der Waals surface area contributed by atoms with Gasteiger partial charge in [-0.2, -0.15) is 0 Å². The predicted octanol–water partition coefficient (Wildman–Crippen LogP) is -2.81. The van der Waals surface area contributed by atoms with E-state index in [4.69, 9.17) is 28.3 Å². The van der Waals surface area contributed by atoms with Gasteiger partial charge in [0, 0.05) is 6.54 Å². The number of ether oxygens (including phenoxy) is 1. The van der Waals surface area contributed by atoms with Gasteiger partial charge in [0.15, 0.2) is 11.0 Å². The molecule has 0 heterocycles. The van der Waals surface area contributed by atoms with Crippen LogP contribution in [-0.4, -0.2) is 66.1 Å². The monoisotopic (exact) mass is 389 g/mol. The van der Waals surface area contributed by atoms with Crippen molar-refractivity contribution in [2.75, 3.05) is 20.2 Å². The molecule has 0 aromatic carbocycles. The molecule has 0 fully saturated rings. The number of nitrogens with one attached hydrogen (secondary N) is 2. The van der Waals surface area contributed by atoms with E-state index in [9.17, 15) is 19.7 Å². The maximum absolute atomic E-state index is 12.1. The van der Waals surface area contributed by atoms with Crippen molar-refractivity contribution in [2.24, 2.45) is 27.9 Å². The summed E-state index contributed by atoms with van der Waals surface area (Å²) in [4.78, 5) is 38.4. The Hall–Kier alpha value is -3.16. The Morgan fingerprint density at radius 1 is 1.30 bits per heavy atom. The van der Waals surface area contributed by atoms with Crippen LogP contribution in [0.25, 0.3) is 0 Å². The zero-order chi connectivity index (χ0) is 21.0. The van der Waals surface area contributed by atoms with Crippen LogP contribution in [0.15, 0.2) is 4.99 Å². The minimum Gasteiger partial charge on any atom is -0.467 e. The number of hydrogen-bond donors (Lipinski definition) is 6. The van der Waals surface area contributed by atoms with Crippen LogP contribution in [-0.2, 0) is 14.3 Å². The Balaban J connectivity index is 4.55. The maximum Gasteiger partial charge on any atom is 0.328 e. The molecule has 1 amide bonds. The number of aliphatic imine (C=N–C) groups is 1. The number of amides is 1. The average Bonchev–Trinajstić information content (AvgIpc) is 2.59. The van der Waals surface area contributed by atoms with Crippen molar-refractivity contribution in [1.82, 2.24) is 10.3 Å². The number of hydrogen-bond acceptors (Lipinski definition) is 8. The topological polar surface area (TPSA) is 242 Å². The molecule has 0 aliphatic heterocycles. The lowest BCUT2D eigenvalue weighted by Gasteiger charge is -2.19. The lowest BCUT2D eigenvalue weighted by atomic mass is 10.1. The van der Waals surface area contributed by atoms with Crippen LogP contribution in [0.2, 0.25) is 0 Å². The predicted molar refractivity (Wildman–Crippen MR) is 96.7 cm³/mol. The molecule has 0 aromatic rings. The van der Waals surface area contributed by atoms with E-state index in [-0.39, 0.29) is 38.3 Å². The number of esters is 1. The first-order chi connectivity index (χ1) is 12.6. The van der Waals surface area contributed by atoms with E-state index < -0.39 is 35.0 Å². The average molecular weight is 389 g/mol. The molecule has 0 spiro atoms. The molecule has 14 nitrogen and oxygen atoms in total. The molecular weight excluding hydrogens is 362 g/mol. The highest BCUT2D eigenvalue weighted by atomic mass is 16.7. The lowest BCUT2D eigenvalue weighted by molar-refractivity contribution is -0.629. The van der Waals surface area contributed by atoms with E-state index in [1.165, 1.54) is 7.11 Å². The number of nitrogens with two attached hydrogens (primary N) is 4. The van der Waals surface area contributed by atoms with Gasteiger partial charge in [-0.25, -0.2) is 14.9 Å². The molecule has 0 saturated carbocycles. The minimum absolute atomic E-state index is 0.0787. The number of guanidine groups is 2. The van der Waals surface area contributed by atoms with Crippen LogP contribution in [0.1, 0.15) is 25.7 Å². The van der Waals surface area contributed by atoms with Gasteiger partial charge in [-0.15, -0.1) is 0 Å². The molecule has 0 aliphatic rings. The van der Waals surface area contributed by atoms with E-state index in [0.717, 1.165) is 0 Å². The number of hydrazine groups is 1. The van der Waals surface area contributed by atoms with Gasteiger partial charge in [-0.05, 0) is 25.7 Å². The fourth-order valence-corrected chi connectivity index (χ4v) is 2.06. The standard InChI is InChI=1S/C13H27N9O5/c1-27-11(24)9(5-2-6-19-12(15)16)20-10(23)8(14)4-3-7-21(13(17)18)22(25)26/h8-9H,2-7,14H2,1H3,(H3,17,18)(H,20,23)(H4,15,16,19)/t8-,9-/m0/s1. The number of methoxy groups -OCH3 is 1. The molecule has 0 saturated heterocycles. The Morgan fingerprint density at radius 3 is 2.41 bits per heavy atom. The van der Waals surface area contributed by atoms with Crippen LogP contribution >= 0.6 is 0 Å². The Kier molecular flexibility index (Phi) is 10.8. The first kappa shape index (κ1) is 23.8. The van der Waals surface area contributed by atoms with Crippen LogP contribution in [0.4, 0.5) is 0 Å². The quantitative estimate of drug-likeness (QED) is 0.0499. The molecule has 14 heteroatoms. The minimum atomic E-state index is -1.00. The molecule has 0 bridgehead atoms. The van der Waals surface area contributed by atoms with Gasteiger partial charge >= 0.3 is 5.97 Å². The second-order valence-electron chi connectivity index (χ2n) is 5.53. The fourth-order valence-electron chi connectivity index (χ4n) is 2.06. The molecule has 0 radical (unpaired) electrons. The number of carbonyl (C=O) groups is 2. The van der Waals surface area contributed by atoms with Gasteiger partial charge < -0.3 is 33.0 Å². The first-order valence-corrected chi connectivity index (χ1v) is 8.05. The highest BCUT2D eigenvalue weighted by Gasteiger charge is 2.25. The van der Waals surface area contributed by atoms with Crippen LogP contribution in [0.5, 0.6) is 0 Å². The number of carbonyl (C=O) groups excluding carboxylic acids is 2. The normalized spacial score (nSPS) is 12.4. The molecule has 154 valence electrons. The molecule has 27 heavy (non-hydrogen) atoms. The van der Waals surface area contributed by atoms with E-state index >= 15 is 0 Å². The third kappa shape index (κ3) is 9.78. The second-order valence-corrected chi connectivity index (χ2v) is 5.53. The molecule has 0 unspecified atom stereocenters. The van der Waals surface area contributed by atoms with Crippen LogP contribution in [0, 0.1) is 15.5 Å². The second kappa shape index (κ2) is 12.2. The van der Waals surface area contributed by atoms with E-state index in [2.05, 4.69) is 15.0 Å². The molecular formula is C13H27N9O5. The molecule has 2 atom stereocenters. The summed E-state index contributed by atoms with van der Waals surface area (Å²) >= 11 is 0. The maximum atomic E-state index is 12.1. The van der Waals surface area contributed by atoms with Crippen molar-refractivity contribution in [3.8, 4) is 0 Å². The summed E-state index contributed by atoms with van der Waals surface area (Å²) in [5.41, 5.74) is 21.2. The van der Waals surface area contributed by atoms with Crippen molar-refractivity contribution in [3.63, 3.8) is 0 Å². The fraction of sp³-hybridized carbons (Fsp3) is 0.692. The molecule has 0 aliphatic carbocycles.